The van der Waals surface area contributed by atoms with Gasteiger partial charge in [-0.15, -0.1) is 0 Å². The summed E-state index contributed by atoms with van der Waals surface area (Å²) in [7, 11) is 0. The standard InChI is InChI=1S/C27H24N4O/c1-2-20-11-13-21(14-12-20)15-27(32)30-29-17-24-19-31(26-10-6-5-9-25(24)26)18-23-8-4-3-7-22(23)16-28/h3-14,17,19H,2,15,18H2,1H3,(H,30,32)/b29-17-. The van der Waals surface area contributed by atoms with E-state index in [1.54, 1.807) is 6.21 Å². The molecular formula is C27H24N4O. The van der Waals surface area contributed by atoms with Gasteiger partial charge in [0.1, 0.15) is 0 Å². The summed E-state index contributed by atoms with van der Waals surface area (Å²) < 4.78 is 2.10. The van der Waals surface area contributed by atoms with Crippen molar-refractivity contribution < 1.29 is 4.79 Å². The Morgan fingerprint density at radius 1 is 1.03 bits per heavy atom. The summed E-state index contributed by atoms with van der Waals surface area (Å²) >= 11 is 0. The molecule has 1 amide bonds. The lowest BCUT2D eigenvalue weighted by atomic mass is 10.1. The molecule has 0 saturated heterocycles. The van der Waals surface area contributed by atoms with E-state index in [0.29, 0.717) is 12.1 Å². The number of carbonyl (C=O) groups is 1. The fourth-order valence-electron chi connectivity index (χ4n) is 3.75. The van der Waals surface area contributed by atoms with Gasteiger partial charge in [0.15, 0.2) is 0 Å². The second kappa shape index (κ2) is 9.76. The quantitative estimate of drug-likeness (QED) is 0.344. The molecule has 4 aromatic rings. The molecule has 0 aliphatic heterocycles. The second-order valence-corrected chi connectivity index (χ2v) is 7.64. The molecule has 1 aromatic heterocycles. The minimum Gasteiger partial charge on any atom is -0.342 e. The van der Waals surface area contributed by atoms with Gasteiger partial charge >= 0.3 is 0 Å². The summed E-state index contributed by atoms with van der Waals surface area (Å²) in [6, 6.07) is 26.0. The number of nitriles is 1. The third-order valence-electron chi connectivity index (χ3n) is 5.49. The highest BCUT2D eigenvalue weighted by Crippen LogP contribution is 2.22. The van der Waals surface area contributed by atoms with E-state index >= 15 is 0 Å². The summed E-state index contributed by atoms with van der Waals surface area (Å²) in [5.74, 6) is -0.155. The third-order valence-corrected chi connectivity index (χ3v) is 5.49. The minimum atomic E-state index is -0.155. The molecule has 0 unspecified atom stereocenters. The number of para-hydroxylation sites is 1. The van der Waals surface area contributed by atoms with Gasteiger partial charge in [-0.1, -0.05) is 67.6 Å². The van der Waals surface area contributed by atoms with Crippen molar-refractivity contribution in [2.45, 2.75) is 26.3 Å². The Labute approximate surface area is 187 Å². The van der Waals surface area contributed by atoms with E-state index in [4.69, 9.17) is 0 Å². The number of hydrogen-bond acceptors (Lipinski definition) is 3. The summed E-state index contributed by atoms with van der Waals surface area (Å²) in [4.78, 5) is 12.3. The molecule has 1 heterocycles. The van der Waals surface area contributed by atoms with Gasteiger partial charge in [-0.05, 0) is 35.2 Å². The van der Waals surface area contributed by atoms with E-state index in [9.17, 15) is 10.1 Å². The predicted octanol–water partition coefficient (Wildman–Crippen LogP) is 4.82. The highest BCUT2D eigenvalue weighted by atomic mass is 16.2. The minimum absolute atomic E-state index is 0.155. The molecule has 1 N–H and O–H groups in total. The molecule has 0 atom stereocenters. The monoisotopic (exact) mass is 420 g/mol. The zero-order valence-electron chi connectivity index (χ0n) is 18.0. The Balaban J connectivity index is 1.50. The van der Waals surface area contributed by atoms with Crippen LogP contribution in [0.4, 0.5) is 0 Å². The van der Waals surface area contributed by atoms with Crippen molar-refractivity contribution in [2.75, 3.05) is 0 Å². The lowest BCUT2D eigenvalue weighted by Gasteiger charge is -2.07. The largest absolute Gasteiger partial charge is 0.342 e. The summed E-state index contributed by atoms with van der Waals surface area (Å²) in [5.41, 5.74) is 8.42. The van der Waals surface area contributed by atoms with Crippen molar-refractivity contribution in [1.29, 1.82) is 5.26 Å². The predicted molar refractivity (Wildman–Crippen MR) is 127 cm³/mol. The Hall–Kier alpha value is -4.17. The van der Waals surface area contributed by atoms with Crippen molar-refractivity contribution in [3.63, 3.8) is 0 Å². The van der Waals surface area contributed by atoms with Crippen molar-refractivity contribution in [3.8, 4) is 6.07 Å². The van der Waals surface area contributed by atoms with Crippen LogP contribution in [0.2, 0.25) is 0 Å². The van der Waals surface area contributed by atoms with E-state index < -0.39 is 0 Å². The molecule has 32 heavy (non-hydrogen) atoms. The number of nitrogens with zero attached hydrogens (tertiary/aromatic N) is 3. The number of nitrogens with one attached hydrogen (secondary N) is 1. The molecule has 0 aliphatic rings. The number of hydrazone groups is 1. The van der Waals surface area contributed by atoms with Crippen LogP contribution in [0.1, 0.15) is 34.7 Å². The number of hydrogen-bond donors (Lipinski definition) is 1. The molecule has 5 nitrogen and oxygen atoms in total. The fraction of sp³-hybridized carbons (Fsp3) is 0.148. The summed E-state index contributed by atoms with van der Waals surface area (Å²) in [6.45, 7) is 2.69. The maximum atomic E-state index is 12.3. The zero-order chi connectivity index (χ0) is 22.3. The lowest BCUT2D eigenvalue weighted by molar-refractivity contribution is -0.120. The van der Waals surface area contributed by atoms with Crippen LogP contribution in [-0.2, 0) is 24.2 Å². The Morgan fingerprint density at radius 2 is 1.75 bits per heavy atom. The lowest BCUT2D eigenvalue weighted by Crippen LogP contribution is -2.19. The van der Waals surface area contributed by atoms with Crippen LogP contribution in [0.5, 0.6) is 0 Å². The van der Waals surface area contributed by atoms with Crippen LogP contribution >= 0.6 is 0 Å². The van der Waals surface area contributed by atoms with Gasteiger partial charge in [0.25, 0.3) is 0 Å². The van der Waals surface area contributed by atoms with Gasteiger partial charge in [-0.2, -0.15) is 10.4 Å². The average Bonchev–Trinajstić information content (AvgIpc) is 3.17. The molecular weight excluding hydrogens is 396 g/mol. The molecule has 0 aliphatic carbocycles. The molecule has 158 valence electrons. The van der Waals surface area contributed by atoms with Crippen molar-refractivity contribution >= 4 is 23.0 Å². The maximum Gasteiger partial charge on any atom is 0.244 e. The van der Waals surface area contributed by atoms with Crippen LogP contribution in [0.3, 0.4) is 0 Å². The van der Waals surface area contributed by atoms with E-state index in [2.05, 4.69) is 28.1 Å². The van der Waals surface area contributed by atoms with Gasteiger partial charge in [-0.25, -0.2) is 5.43 Å². The van der Waals surface area contributed by atoms with E-state index in [1.807, 2.05) is 79.0 Å². The number of amides is 1. The first-order valence-electron chi connectivity index (χ1n) is 10.6. The first-order chi connectivity index (χ1) is 15.7. The van der Waals surface area contributed by atoms with Crippen molar-refractivity contribution in [1.82, 2.24) is 9.99 Å². The smallest absolute Gasteiger partial charge is 0.244 e. The number of aromatic nitrogens is 1. The fourth-order valence-corrected chi connectivity index (χ4v) is 3.75. The third kappa shape index (κ3) is 4.76. The number of rotatable bonds is 7. The molecule has 4 rings (SSSR count). The van der Waals surface area contributed by atoms with E-state index in [1.165, 1.54) is 5.56 Å². The molecule has 0 bridgehead atoms. The highest BCUT2D eigenvalue weighted by molar-refractivity contribution is 5.99. The zero-order valence-corrected chi connectivity index (χ0v) is 18.0. The number of benzene rings is 3. The highest BCUT2D eigenvalue weighted by Gasteiger charge is 2.09. The van der Waals surface area contributed by atoms with Gasteiger partial charge in [0, 0.05) is 29.2 Å². The maximum absolute atomic E-state index is 12.3. The first-order valence-corrected chi connectivity index (χ1v) is 10.6. The number of fused-ring (bicyclic) bond motifs is 1. The van der Waals surface area contributed by atoms with Crippen LogP contribution < -0.4 is 5.43 Å². The second-order valence-electron chi connectivity index (χ2n) is 7.64. The summed E-state index contributed by atoms with van der Waals surface area (Å²) in [5, 5.41) is 14.6. The SMILES string of the molecule is CCc1ccc(CC(=O)N/N=C\c2cn(Cc3ccccc3C#N)c3ccccc23)cc1. The van der Waals surface area contributed by atoms with Gasteiger partial charge in [0.2, 0.25) is 5.91 Å². The molecule has 0 saturated carbocycles. The normalized spacial score (nSPS) is 11.0. The van der Waals surface area contributed by atoms with Gasteiger partial charge in [0.05, 0.1) is 24.3 Å². The molecule has 0 radical (unpaired) electrons. The first kappa shape index (κ1) is 21.1. The van der Waals surface area contributed by atoms with Gasteiger partial charge in [-0.3, -0.25) is 4.79 Å². The molecule has 0 fully saturated rings. The molecule has 5 heteroatoms. The van der Waals surface area contributed by atoms with Crippen molar-refractivity contribution in [3.05, 3.63) is 107 Å². The van der Waals surface area contributed by atoms with Gasteiger partial charge < -0.3 is 4.57 Å². The molecule has 3 aromatic carbocycles. The molecule has 0 spiro atoms. The number of aryl methyl sites for hydroxylation is 1. The topological polar surface area (TPSA) is 70.2 Å². The summed E-state index contributed by atoms with van der Waals surface area (Å²) in [6.07, 6.45) is 4.94. The van der Waals surface area contributed by atoms with Crippen LogP contribution in [0.15, 0.2) is 84.1 Å². The number of carbonyl (C=O) groups excluding carboxylic acids is 1. The van der Waals surface area contributed by atoms with E-state index in [0.717, 1.165) is 34.0 Å². The van der Waals surface area contributed by atoms with E-state index in [-0.39, 0.29) is 12.3 Å². The Bertz CT molecular complexity index is 1310. The average molecular weight is 421 g/mol. The van der Waals surface area contributed by atoms with Crippen molar-refractivity contribution in [2.24, 2.45) is 5.10 Å². The van der Waals surface area contributed by atoms with Crippen LogP contribution in [0.25, 0.3) is 10.9 Å². The Morgan fingerprint density at radius 3 is 2.53 bits per heavy atom. The Kier molecular flexibility index (Phi) is 6.43. The van der Waals surface area contributed by atoms with Crippen LogP contribution in [0, 0.1) is 11.3 Å². The van der Waals surface area contributed by atoms with Crippen LogP contribution in [-0.4, -0.2) is 16.7 Å².